The van der Waals surface area contributed by atoms with Crippen LogP contribution in [0, 0.1) is 17.5 Å². The van der Waals surface area contributed by atoms with Crippen molar-refractivity contribution >= 4 is 17.5 Å². The molecule has 1 aliphatic rings. The number of anilines is 1. The van der Waals surface area contributed by atoms with Crippen LogP contribution in [0.3, 0.4) is 0 Å². The SMILES string of the molecule is COc1ccc(CN(CC(=O)NCC(=O)Nc2ccc(F)c(F)c2F)C2CC2)cc1. The highest BCUT2D eigenvalue weighted by atomic mass is 19.2. The number of carbonyl (C=O) groups is 2. The Bertz CT molecular complexity index is 918. The summed E-state index contributed by atoms with van der Waals surface area (Å²) in [6.45, 7) is 0.260. The first-order chi connectivity index (χ1) is 14.4. The molecule has 0 spiro atoms. The third kappa shape index (κ3) is 5.73. The molecule has 0 aliphatic heterocycles. The molecule has 1 fully saturated rings. The number of methoxy groups -OCH3 is 1. The largest absolute Gasteiger partial charge is 0.497 e. The van der Waals surface area contributed by atoms with Gasteiger partial charge in [0.05, 0.1) is 25.9 Å². The highest BCUT2D eigenvalue weighted by molar-refractivity contribution is 5.94. The summed E-state index contributed by atoms with van der Waals surface area (Å²) in [6, 6.07) is 9.48. The molecule has 6 nitrogen and oxygen atoms in total. The van der Waals surface area contributed by atoms with Gasteiger partial charge in [0.1, 0.15) is 5.75 Å². The highest BCUT2D eigenvalue weighted by Gasteiger charge is 2.30. The van der Waals surface area contributed by atoms with Crippen molar-refractivity contribution < 1.29 is 27.5 Å². The van der Waals surface area contributed by atoms with Crippen LogP contribution in [0.4, 0.5) is 18.9 Å². The van der Waals surface area contributed by atoms with Crippen molar-refractivity contribution in [3.63, 3.8) is 0 Å². The Morgan fingerprint density at radius 2 is 1.73 bits per heavy atom. The Balaban J connectivity index is 1.49. The fourth-order valence-corrected chi connectivity index (χ4v) is 2.96. The molecule has 30 heavy (non-hydrogen) atoms. The molecule has 1 saturated carbocycles. The molecule has 0 unspecified atom stereocenters. The minimum Gasteiger partial charge on any atom is -0.497 e. The van der Waals surface area contributed by atoms with Crippen molar-refractivity contribution in [2.45, 2.75) is 25.4 Å². The second-order valence-corrected chi connectivity index (χ2v) is 7.03. The molecule has 0 heterocycles. The quantitative estimate of drug-likeness (QED) is 0.611. The molecule has 0 bridgehead atoms. The molecule has 0 radical (unpaired) electrons. The van der Waals surface area contributed by atoms with Gasteiger partial charge < -0.3 is 15.4 Å². The van der Waals surface area contributed by atoms with Gasteiger partial charge in [-0.05, 0) is 42.7 Å². The molecule has 3 rings (SSSR count). The van der Waals surface area contributed by atoms with Crippen molar-refractivity contribution in [2.75, 3.05) is 25.5 Å². The van der Waals surface area contributed by atoms with Gasteiger partial charge in [0.2, 0.25) is 11.8 Å². The van der Waals surface area contributed by atoms with Gasteiger partial charge in [-0.1, -0.05) is 12.1 Å². The van der Waals surface area contributed by atoms with Crippen LogP contribution in [-0.4, -0.2) is 43.0 Å². The predicted octanol–water partition coefficient (Wildman–Crippen LogP) is 2.83. The molecular weight excluding hydrogens is 399 g/mol. The summed E-state index contributed by atoms with van der Waals surface area (Å²) < 4.78 is 44.9. The van der Waals surface area contributed by atoms with E-state index in [0.29, 0.717) is 18.7 Å². The van der Waals surface area contributed by atoms with E-state index in [0.717, 1.165) is 30.2 Å². The first-order valence-corrected chi connectivity index (χ1v) is 9.44. The second kappa shape index (κ2) is 9.62. The lowest BCUT2D eigenvalue weighted by Gasteiger charge is -2.21. The van der Waals surface area contributed by atoms with Crippen LogP contribution < -0.4 is 15.4 Å². The summed E-state index contributed by atoms with van der Waals surface area (Å²) in [5, 5.41) is 4.57. The monoisotopic (exact) mass is 421 g/mol. The number of hydrogen-bond donors (Lipinski definition) is 2. The number of amides is 2. The fourth-order valence-electron chi connectivity index (χ4n) is 2.96. The van der Waals surface area contributed by atoms with Gasteiger partial charge in [-0.3, -0.25) is 14.5 Å². The zero-order valence-corrected chi connectivity index (χ0v) is 16.4. The summed E-state index contributed by atoms with van der Waals surface area (Å²) in [5.41, 5.74) is 0.536. The van der Waals surface area contributed by atoms with E-state index in [9.17, 15) is 22.8 Å². The minimum absolute atomic E-state index is 0.101. The standard InChI is InChI=1S/C21H22F3N3O3/c1-30-15-6-2-13(3-7-15)11-27(14-4-5-14)12-19(29)25-10-18(28)26-17-9-8-16(22)20(23)21(17)24/h2-3,6-9,14H,4-5,10-12H2,1H3,(H,25,29)(H,26,28). The molecule has 0 atom stereocenters. The maximum atomic E-state index is 13.6. The third-order valence-electron chi connectivity index (χ3n) is 4.71. The van der Waals surface area contributed by atoms with Gasteiger partial charge in [0, 0.05) is 12.6 Å². The third-order valence-corrected chi connectivity index (χ3v) is 4.71. The summed E-state index contributed by atoms with van der Waals surface area (Å²) in [7, 11) is 1.59. The van der Waals surface area contributed by atoms with Crippen molar-refractivity contribution in [1.29, 1.82) is 0 Å². The van der Waals surface area contributed by atoms with Crippen molar-refractivity contribution in [1.82, 2.24) is 10.2 Å². The van der Waals surface area contributed by atoms with Crippen LogP contribution in [0.1, 0.15) is 18.4 Å². The summed E-state index contributed by atoms with van der Waals surface area (Å²) in [4.78, 5) is 26.2. The van der Waals surface area contributed by atoms with Gasteiger partial charge >= 0.3 is 0 Å². The first kappa shape index (κ1) is 21.6. The predicted molar refractivity (Wildman–Crippen MR) is 104 cm³/mol. The number of carbonyl (C=O) groups excluding carboxylic acids is 2. The number of ether oxygens (including phenoxy) is 1. The fraction of sp³-hybridized carbons (Fsp3) is 0.333. The molecule has 2 aromatic rings. The number of rotatable bonds is 9. The van der Waals surface area contributed by atoms with Crippen LogP contribution in [0.15, 0.2) is 36.4 Å². The van der Waals surface area contributed by atoms with E-state index in [1.807, 2.05) is 29.2 Å². The van der Waals surface area contributed by atoms with Crippen molar-refractivity contribution in [3.8, 4) is 5.75 Å². The summed E-state index contributed by atoms with van der Waals surface area (Å²) in [6.07, 6.45) is 2.00. The second-order valence-electron chi connectivity index (χ2n) is 7.03. The molecule has 2 N–H and O–H groups in total. The lowest BCUT2D eigenvalue weighted by Crippen LogP contribution is -2.41. The Morgan fingerprint density at radius 3 is 2.37 bits per heavy atom. The van der Waals surface area contributed by atoms with Gasteiger partial charge in [0.25, 0.3) is 0 Å². The van der Waals surface area contributed by atoms with Crippen LogP contribution >= 0.6 is 0 Å². The zero-order valence-electron chi connectivity index (χ0n) is 16.4. The molecular formula is C21H22F3N3O3. The minimum atomic E-state index is -1.67. The van der Waals surface area contributed by atoms with E-state index in [1.54, 1.807) is 7.11 Å². The summed E-state index contributed by atoms with van der Waals surface area (Å²) in [5.74, 6) is -4.88. The van der Waals surface area contributed by atoms with E-state index in [1.165, 1.54) is 0 Å². The van der Waals surface area contributed by atoms with Gasteiger partial charge in [-0.15, -0.1) is 0 Å². The van der Waals surface area contributed by atoms with Crippen LogP contribution in [0.25, 0.3) is 0 Å². The summed E-state index contributed by atoms with van der Waals surface area (Å²) >= 11 is 0. The van der Waals surface area contributed by atoms with E-state index < -0.39 is 35.6 Å². The van der Waals surface area contributed by atoms with E-state index >= 15 is 0 Å². The Kier molecular flexibility index (Phi) is 6.94. The molecule has 0 saturated heterocycles. The molecule has 2 amide bonds. The average Bonchev–Trinajstić information content (AvgIpc) is 3.58. The average molecular weight is 421 g/mol. The van der Waals surface area contributed by atoms with Gasteiger partial charge in [-0.25, -0.2) is 13.2 Å². The van der Waals surface area contributed by atoms with Crippen molar-refractivity contribution in [3.05, 3.63) is 59.4 Å². The van der Waals surface area contributed by atoms with Crippen LogP contribution in [-0.2, 0) is 16.1 Å². The topological polar surface area (TPSA) is 70.7 Å². The molecule has 9 heteroatoms. The highest BCUT2D eigenvalue weighted by Crippen LogP contribution is 2.28. The Hall–Kier alpha value is -3.07. The number of hydrogen-bond acceptors (Lipinski definition) is 4. The lowest BCUT2D eigenvalue weighted by atomic mass is 10.2. The molecule has 0 aromatic heterocycles. The Morgan fingerprint density at radius 1 is 1.03 bits per heavy atom. The number of nitrogens with one attached hydrogen (secondary N) is 2. The first-order valence-electron chi connectivity index (χ1n) is 9.44. The van der Waals surface area contributed by atoms with Gasteiger partial charge in [-0.2, -0.15) is 0 Å². The molecule has 1 aliphatic carbocycles. The normalized spacial score (nSPS) is 13.2. The van der Waals surface area contributed by atoms with E-state index in [4.69, 9.17) is 4.74 Å². The zero-order chi connectivity index (χ0) is 21.7. The lowest BCUT2D eigenvalue weighted by molar-refractivity contribution is -0.125. The Labute approximate surface area is 172 Å². The van der Waals surface area contributed by atoms with E-state index in [-0.39, 0.29) is 12.5 Å². The smallest absolute Gasteiger partial charge is 0.243 e. The molecule has 2 aromatic carbocycles. The number of nitrogens with zero attached hydrogens (tertiary/aromatic N) is 1. The number of halogens is 3. The number of benzene rings is 2. The maximum absolute atomic E-state index is 13.6. The van der Waals surface area contributed by atoms with Crippen molar-refractivity contribution in [2.24, 2.45) is 0 Å². The maximum Gasteiger partial charge on any atom is 0.243 e. The molecule has 160 valence electrons. The van der Waals surface area contributed by atoms with E-state index in [2.05, 4.69) is 10.6 Å². The van der Waals surface area contributed by atoms with Crippen LogP contribution in [0.2, 0.25) is 0 Å². The van der Waals surface area contributed by atoms with Gasteiger partial charge in [0.15, 0.2) is 17.5 Å². The van der Waals surface area contributed by atoms with Crippen LogP contribution in [0.5, 0.6) is 5.75 Å².